The van der Waals surface area contributed by atoms with Crippen LogP contribution in [0.15, 0.2) is 0 Å². The van der Waals surface area contributed by atoms with Crippen LogP contribution in [0.1, 0.15) is 26.7 Å². The van der Waals surface area contributed by atoms with Gasteiger partial charge in [0.1, 0.15) is 0 Å². The Balaban J connectivity index is 3.84. The molecule has 86 valence electrons. The van der Waals surface area contributed by atoms with E-state index in [1.165, 1.54) is 0 Å². The third-order valence-electron chi connectivity index (χ3n) is 2.02. The van der Waals surface area contributed by atoms with Crippen molar-refractivity contribution in [3.8, 4) is 0 Å². The van der Waals surface area contributed by atoms with E-state index in [-0.39, 0.29) is 12.7 Å². The summed E-state index contributed by atoms with van der Waals surface area (Å²) in [7, 11) is 0. The second-order valence-electron chi connectivity index (χ2n) is 3.41. The number of rotatable bonds is 6. The summed E-state index contributed by atoms with van der Waals surface area (Å²) in [5.74, 6) is -1.54. The fourth-order valence-corrected chi connectivity index (χ4v) is 1.07. The van der Waals surface area contributed by atoms with Gasteiger partial charge < -0.3 is 10.5 Å². The summed E-state index contributed by atoms with van der Waals surface area (Å²) in [6.07, 6.45) is -2.70. The standard InChI is InChI=1S/C9H18F3NO/c1-3-4-7(2)14-6-8(5-13)9(10,11)12/h7-8H,3-6,13H2,1-2H3. The van der Waals surface area contributed by atoms with Gasteiger partial charge in [-0.3, -0.25) is 0 Å². The average Bonchev–Trinajstić information content (AvgIpc) is 2.03. The maximum absolute atomic E-state index is 12.2. The monoisotopic (exact) mass is 213 g/mol. The molecule has 2 nitrogen and oxygen atoms in total. The molecule has 0 radical (unpaired) electrons. The predicted molar refractivity (Wildman–Crippen MR) is 48.9 cm³/mol. The number of nitrogens with two attached hydrogens (primary N) is 1. The molecule has 0 bridgehead atoms. The lowest BCUT2D eigenvalue weighted by atomic mass is 10.1. The van der Waals surface area contributed by atoms with Gasteiger partial charge in [0.15, 0.2) is 0 Å². The molecule has 0 spiro atoms. The zero-order valence-electron chi connectivity index (χ0n) is 8.60. The Bertz CT molecular complexity index is 149. The van der Waals surface area contributed by atoms with Crippen molar-refractivity contribution >= 4 is 0 Å². The summed E-state index contributed by atoms with van der Waals surface area (Å²) >= 11 is 0. The molecule has 0 fully saturated rings. The van der Waals surface area contributed by atoms with Gasteiger partial charge in [0.2, 0.25) is 0 Å². The molecule has 0 aromatic heterocycles. The van der Waals surface area contributed by atoms with Gasteiger partial charge in [-0.1, -0.05) is 13.3 Å². The molecule has 0 amide bonds. The molecule has 2 unspecified atom stereocenters. The zero-order chi connectivity index (χ0) is 11.2. The van der Waals surface area contributed by atoms with E-state index in [0.29, 0.717) is 0 Å². The molecule has 0 rings (SSSR count). The minimum atomic E-state index is -4.25. The first-order valence-corrected chi connectivity index (χ1v) is 4.80. The van der Waals surface area contributed by atoms with E-state index < -0.39 is 18.6 Å². The van der Waals surface area contributed by atoms with Gasteiger partial charge in [-0.15, -0.1) is 0 Å². The number of halogens is 3. The lowest BCUT2D eigenvalue weighted by Gasteiger charge is -2.20. The number of hydrogen-bond acceptors (Lipinski definition) is 2. The quantitative estimate of drug-likeness (QED) is 0.735. The highest BCUT2D eigenvalue weighted by Gasteiger charge is 2.38. The van der Waals surface area contributed by atoms with Crippen molar-refractivity contribution < 1.29 is 17.9 Å². The smallest absolute Gasteiger partial charge is 0.378 e. The summed E-state index contributed by atoms with van der Waals surface area (Å²) in [5.41, 5.74) is 5.02. The van der Waals surface area contributed by atoms with Crippen LogP contribution in [0, 0.1) is 5.92 Å². The van der Waals surface area contributed by atoms with E-state index in [4.69, 9.17) is 10.5 Å². The minimum absolute atomic E-state index is 0.128. The summed E-state index contributed by atoms with van der Waals surface area (Å²) in [5, 5.41) is 0. The molecule has 14 heavy (non-hydrogen) atoms. The molecule has 2 atom stereocenters. The molecule has 0 aliphatic rings. The molecule has 0 saturated heterocycles. The van der Waals surface area contributed by atoms with Crippen LogP contribution in [-0.4, -0.2) is 25.4 Å². The Labute approximate surface area is 82.6 Å². The van der Waals surface area contributed by atoms with Crippen LogP contribution in [0.3, 0.4) is 0 Å². The van der Waals surface area contributed by atoms with Crippen molar-refractivity contribution in [2.45, 2.75) is 39.0 Å². The van der Waals surface area contributed by atoms with Crippen molar-refractivity contribution in [3.05, 3.63) is 0 Å². The maximum Gasteiger partial charge on any atom is 0.395 e. The van der Waals surface area contributed by atoms with Crippen LogP contribution in [0.4, 0.5) is 13.2 Å². The summed E-state index contributed by atoms with van der Waals surface area (Å²) < 4.78 is 41.7. The molecule has 0 aliphatic heterocycles. The number of hydrogen-bond donors (Lipinski definition) is 1. The molecule has 0 saturated carbocycles. The van der Waals surface area contributed by atoms with E-state index >= 15 is 0 Å². The molecule has 0 aromatic carbocycles. The highest BCUT2D eigenvalue weighted by Crippen LogP contribution is 2.25. The topological polar surface area (TPSA) is 35.2 Å². The van der Waals surface area contributed by atoms with Crippen LogP contribution in [0.5, 0.6) is 0 Å². The van der Waals surface area contributed by atoms with Crippen LogP contribution in [0.2, 0.25) is 0 Å². The third-order valence-corrected chi connectivity index (χ3v) is 2.02. The van der Waals surface area contributed by atoms with Crippen LogP contribution < -0.4 is 5.73 Å². The minimum Gasteiger partial charge on any atom is -0.378 e. The van der Waals surface area contributed by atoms with E-state index in [2.05, 4.69) is 0 Å². The van der Waals surface area contributed by atoms with Crippen molar-refractivity contribution in [1.29, 1.82) is 0 Å². The van der Waals surface area contributed by atoms with E-state index in [1.54, 1.807) is 6.92 Å². The molecular weight excluding hydrogens is 195 g/mol. The summed E-state index contributed by atoms with van der Waals surface area (Å²) in [6, 6.07) is 0. The summed E-state index contributed by atoms with van der Waals surface area (Å²) in [6.45, 7) is 2.99. The molecule has 2 N–H and O–H groups in total. The van der Waals surface area contributed by atoms with Gasteiger partial charge in [0.25, 0.3) is 0 Å². The Morgan fingerprint density at radius 1 is 1.36 bits per heavy atom. The van der Waals surface area contributed by atoms with E-state index in [9.17, 15) is 13.2 Å². The van der Waals surface area contributed by atoms with Gasteiger partial charge in [-0.25, -0.2) is 0 Å². The second kappa shape index (κ2) is 6.24. The van der Waals surface area contributed by atoms with Crippen molar-refractivity contribution in [2.24, 2.45) is 11.7 Å². The van der Waals surface area contributed by atoms with Gasteiger partial charge in [0.05, 0.1) is 18.6 Å². The Hall–Kier alpha value is -0.290. The first kappa shape index (κ1) is 13.7. The number of ether oxygens (including phenoxy) is 1. The molecule has 0 aromatic rings. The average molecular weight is 213 g/mol. The summed E-state index contributed by atoms with van der Waals surface area (Å²) in [4.78, 5) is 0. The Morgan fingerprint density at radius 2 is 1.93 bits per heavy atom. The van der Waals surface area contributed by atoms with Crippen LogP contribution in [0.25, 0.3) is 0 Å². The lowest BCUT2D eigenvalue weighted by Crippen LogP contribution is -2.35. The maximum atomic E-state index is 12.2. The number of alkyl halides is 3. The molecule has 0 aliphatic carbocycles. The highest BCUT2D eigenvalue weighted by molar-refractivity contribution is 4.68. The van der Waals surface area contributed by atoms with Crippen LogP contribution >= 0.6 is 0 Å². The fraction of sp³-hybridized carbons (Fsp3) is 1.00. The van der Waals surface area contributed by atoms with Crippen LogP contribution in [-0.2, 0) is 4.74 Å². The largest absolute Gasteiger partial charge is 0.395 e. The predicted octanol–water partition coefficient (Wildman–Crippen LogP) is 2.33. The van der Waals surface area contributed by atoms with Crippen molar-refractivity contribution in [2.75, 3.05) is 13.2 Å². The second-order valence-corrected chi connectivity index (χ2v) is 3.41. The normalized spacial score (nSPS) is 16.7. The molecule has 5 heteroatoms. The first-order chi connectivity index (χ1) is 6.41. The Kier molecular flexibility index (Phi) is 6.11. The van der Waals surface area contributed by atoms with E-state index in [1.807, 2.05) is 6.92 Å². The highest BCUT2D eigenvalue weighted by atomic mass is 19.4. The first-order valence-electron chi connectivity index (χ1n) is 4.80. The Morgan fingerprint density at radius 3 is 2.29 bits per heavy atom. The zero-order valence-corrected chi connectivity index (χ0v) is 8.60. The third kappa shape index (κ3) is 5.44. The van der Waals surface area contributed by atoms with E-state index in [0.717, 1.165) is 12.8 Å². The van der Waals surface area contributed by atoms with Gasteiger partial charge in [-0.05, 0) is 13.3 Å². The van der Waals surface area contributed by atoms with Gasteiger partial charge in [0, 0.05) is 6.54 Å². The SMILES string of the molecule is CCCC(C)OCC(CN)C(F)(F)F. The molecule has 0 heterocycles. The fourth-order valence-electron chi connectivity index (χ4n) is 1.07. The van der Waals surface area contributed by atoms with Crippen molar-refractivity contribution in [3.63, 3.8) is 0 Å². The van der Waals surface area contributed by atoms with Crippen molar-refractivity contribution in [1.82, 2.24) is 0 Å². The van der Waals surface area contributed by atoms with Gasteiger partial charge >= 0.3 is 6.18 Å². The lowest BCUT2D eigenvalue weighted by molar-refractivity contribution is -0.188. The molecular formula is C9H18F3NO. The van der Waals surface area contributed by atoms with Gasteiger partial charge in [-0.2, -0.15) is 13.2 Å².